The maximum atomic E-state index is 6.79. The second kappa shape index (κ2) is 13.0. The van der Waals surface area contributed by atoms with Crippen LogP contribution in [-0.2, 0) is 0 Å². The molecule has 0 unspecified atom stereocenters. The molecule has 0 amide bonds. The summed E-state index contributed by atoms with van der Waals surface area (Å²) < 4.78 is 14.8. The van der Waals surface area contributed by atoms with Crippen molar-refractivity contribution in [1.29, 1.82) is 0 Å². The van der Waals surface area contributed by atoms with Crippen LogP contribution in [0.3, 0.4) is 0 Å². The summed E-state index contributed by atoms with van der Waals surface area (Å²) in [5, 5.41) is 4.44. The molecule has 14 heteroatoms. The minimum absolute atomic E-state index is 0.0680. The summed E-state index contributed by atoms with van der Waals surface area (Å²) in [6.07, 6.45) is 0. The van der Waals surface area contributed by atoms with Crippen LogP contribution in [0.25, 0.3) is 106 Å². The van der Waals surface area contributed by atoms with Crippen LogP contribution in [-0.4, -0.2) is 82.3 Å². The third kappa shape index (κ3) is 5.02. The summed E-state index contributed by atoms with van der Waals surface area (Å²) in [6, 6.07) is 35.5. The number of fused-ring (bicyclic) bond motifs is 9. The van der Waals surface area contributed by atoms with Crippen LogP contribution in [0.15, 0.2) is 118 Å². The van der Waals surface area contributed by atoms with Gasteiger partial charge >= 0.3 is 0 Å². The van der Waals surface area contributed by atoms with E-state index in [1.165, 1.54) is 0 Å². The van der Waals surface area contributed by atoms with Crippen molar-refractivity contribution in [3.8, 4) is 39.9 Å². The lowest BCUT2D eigenvalue weighted by molar-refractivity contribution is 0.665. The van der Waals surface area contributed by atoms with Crippen LogP contribution in [0.2, 0.25) is 0 Å². The number of hydrogen-bond acceptors (Lipinski definition) is 5. The first kappa shape index (κ1) is 35.6. The van der Waals surface area contributed by atoms with E-state index in [2.05, 4.69) is 12.1 Å². The highest BCUT2D eigenvalue weighted by atomic mass is 16.3. The standard InChI is InChI=1S/C45H18B8N4O2/c46-31-29-30-32(47)34(49)36(51)38(53)40(30)57(39(29)37(52)35(50)33(31)48)45-55-43(19-9-2-1-3-10-19)54-44(56-45)25-16-8-18-27-28(25)24-15-7-14-23(42(24)59-27)22-13-6-12-21-20-11-4-5-17-26(20)58-41(21)22/h1-18H. The maximum absolute atomic E-state index is 6.79. The molecule has 59 heavy (non-hydrogen) atoms. The van der Waals surface area contributed by atoms with Gasteiger partial charge < -0.3 is 8.83 Å². The smallest absolute Gasteiger partial charge is 0.238 e. The van der Waals surface area contributed by atoms with E-state index in [1.54, 1.807) is 4.57 Å². The van der Waals surface area contributed by atoms with Gasteiger partial charge in [-0.15, -0.1) is 21.9 Å². The molecule has 0 aliphatic heterocycles. The summed E-state index contributed by atoms with van der Waals surface area (Å²) in [5.74, 6) is 0.806. The lowest BCUT2D eigenvalue weighted by Gasteiger charge is -2.17. The molecule has 0 N–H and O–H groups in total. The Hall–Kier alpha value is -6.53. The maximum Gasteiger partial charge on any atom is 0.238 e. The van der Waals surface area contributed by atoms with Gasteiger partial charge in [0.25, 0.3) is 0 Å². The van der Waals surface area contributed by atoms with E-state index in [-0.39, 0.29) is 49.7 Å². The molecule has 16 radical (unpaired) electrons. The SMILES string of the molecule is [B]c1c([B])c([B])c2c(c1[B])c1c([B])c([B])c([B])c([B])c1n2-c1nc(-c2ccccc2)nc(-c2cccc3oc4c(-c5cccc6c5oc5ccccc56)cccc4c23)n1. The number of nitrogens with zero attached hydrogens (tertiary/aromatic N) is 4. The second-order valence-electron chi connectivity index (χ2n) is 14.5. The number of para-hydroxylation sites is 3. The summed E-state index contributed by atoms with van der Waals surface area (Å²) in [6.45, 7) is 0. The normalized spacial score (nSPS) is 11.9. The lowest BCUT2D eigenvalue weighted by Crippen LogP contribution is -2.49. The molecule has 0 spiro atoms. The van der Waals surface area contributed by atoms with Gasteiger partial charge in [-0.05, 0) is 22.9 Å². The van der Waals surface area contributed by atoms with Crippen LogP contribution >= 0.6 is 0 Å². The van der Waals surface area contributed by atoms with Crippen molar-refractivity contribution >= 4 is 172 Å². The summed E-state index contributed by atoms with van der Waals surface area (Å²) >= 11 is 0. The molecule has 0 aliphatic rings. The van der Waals surface area contributed by atoms with Crippen LogP contribution in [0, 0.1) is 0 Å². The fraction of sp³-hybridized carbons (Fsp3) is 0. The van der Waals surface area contributed by atoms with Crippen LogP contribution in [0.5, 0.6) is 0 Å². The van der Waals surface area contributed by atoms with Crippen molar-refractivity contribution in [1.82, 2.24) is 19.5 Å². The molecule has 0 bridgehead atoms. The van der Waals surface area contributed by atoms with E-state index in [4.69, 9.17) is 86.6 Å². The third-order valence-corrected chi connectivity index (χ3v) is 11.3. The molecule has 254 valence electrons. The highest BCUT2D eigenvalue weighted by molar-refractivity contribution is 6.71. The van der Waals surface area contributed by atoms with Crippen LogP contribution in [0.4, 0.5) is 0 Å². The topological polar surface area (TPSA) is 69.9 Å². The zero-order valence-electron chi connectivity index (χ0n) is 31.1. The quantitative estimate of drug-likeness (QED) is 0.260. The molecule has 6 nitrogen and oxygen atoms in total. The first-order chi connectivity index (χ1) is 28.6. The van der Waals surface area contributed by atoms with E-state index in [0.29, 0.717) is 50.2 Å². The fourth-order valence-corrected chi connectivity index (χ4v) is 8.42. The first-order valence-corrected chi connectivity index (χ1v) is 18.6. The summed E-state index contributed by atoms with van der Waals surface area (Å²) in [4.78, 5) is 15.2. The van der Waals surface area contributed by atoms with E-state index in [1.807, 2.05) is 97.1 Å². The second-order valence-corrected chi connectivity index (χ2v) is 14.5. The van der Waals surface area contributed by atoms with Crippen molar-refractivity contribution in [2.45, 2.75) is 0 Å². The number of rotatable bonds is 4. The van der Waals surface area contributed by atoms with Gasteiger partial charge in [0.15, 0.2) is 11.6 Å². The Bertz CT molecular complexity index is 3540. The van der Waals surface area contributed by atoms with Gasteiger partial charge in [0.05, 0.1) is 0 Å². The molecular formula is C45H18B8N4O2. The molecular weight excluding hydrogens is 715 g/mol. The number of furan rings is 2. The molecule has 0 saturated heterocycles. The molecule has 4 aromatic heterocycles. The van der Waals surface area contributed by atoms with Crippen molar-refractivity contribution in [3.63, 3.8) is 0 Å². The van der Waals surface area contributed by atoms with Crippen molar-refractivity contribution in [2.75, 3.05) is 0 Å². The number of aromatic nitrogens is 4. The van der Waals surface area contributed by atoms with E-state index in [9.17, 15) is 0 Å². The van der Waals surface area contributed by atoms with Gasteiger partial charge in [0.2, 0.25) is 5.95 Å². The number of hydrogen-bond donors (Lipinski definition) is 0. The average molecular weight is 733 g/mol. The van der Waals surface area contributed by atoms with Crippen molar-refractivity contribution < 1.29 is 8.83 Å². The third-order valence-electron chi connectivity index (χ3n) is 11.3. The number of benzene rings is 7. The predicted octanol–water partition coefficient (Wildman–Crippen LogP) is 2.12. The minimum Gasteiger partial charge on any atom is -0.455 e. The van der Waals surface area contributed by atoms with Crippen LogP contribution in [0.1, 0.15) is 0 Å². The monoisotopic (exact) mass is 734 g/mol. The van der Waals surface area contributed by atoms with E-state index < -0.39 is 0 Å². The minimum atomic E-state index is 0.0680. The van der Waals surface area contributed by atoms with Gasteiger partial charge in [0.1, 0.15) is 85.1 Å². The molecule has 11 aromatic rings. The van der Waals surface area contributed by atoms with Gasteiger partial charge in [0, 0.05) is 54.8 Å². The average Bonchev–Trinajstić information content (AvgIpc) is 3.97. The Balaban J connectivity index is 1.23. The first-order valence-electron chi connectivity index (χ1n) is 18.6. The molecule has 11 rings (SSSR count). The molecule has 0 aliphatic carbocycles. The Labute approximate surface area is 348 Å². The Morgan fingerprint density at radius 2 is 0.864 bits per heavy atom. The highest BCUT2D eigenvalue weighted by Crippen LogP contribution is 2.43. The highest BCUT2D eigenvalue weighted by Gasteiger charge is 2.26. The van der Waals surface area contributed by atoms with Gasteiger partial charge in [-0.25, -0.2) is 4.98 Å². The largest absolute Gasteiger partial charge is 0.455 e. The Kier molecular flexibility index (Phi) is 7.84. The van der Waals surface area contributed by atoms with Crippen LogP contribution < -0.4 is 43.7 Å². The van der Waals surface area contributed by atoms with Gasteiger partial charge in [-0.3, -0.25) is 4.57 Å². The molecule has 0 saturated carbocycles. The van der Waals surface area contributed by atoms with Crippen molar-refractivity contribution in [3.05, 3.63) is 109 Å². The van der Waals surface area contributed by atoms with Gasteiger partial charge in [-0.1, -0.05) is 119 Å². The zero-order chi connectivity index (χ0) is 40.4. The van der Waals surface area contributed by atoms with E-state index in [0.717, 1.165) is 49.4 Å². The molecule has 0 fully saturated rings. The summed E-state index contributed by atoms with van der Waals surface area (Å²) in [5.41, 5.74) is 7.47. The van der Waals surface area contributed by atoms with Gasteiger partial charge in [-0.2, -0.15) is 9.97 Å². The predicted molar refractivity (Wildman–Crippen MR) is 248 cm³/mol. The fourth-order valence-electron chi connectivity index (χ4n) is 8.42. The molecule has 4 heterocycles. The Morgan fingerprint density at radius 1 is 0.373 bits per heavy atom. The van der Waals surface area contributed by atoms with E-state index >= 15 is 0 Å². The zero-order valence-corrected chi connectivity index (χ0v) is 31.1. The summed E-state index contributed by atoms with van der Waals surface area (Å²) in [7, 11) is 52.7. The lowest BCUT2D eigenvalue weighted by atomic mass is 9.63. The molecule has 7 aromatic carbocycles. The molecule has 0 atom stereocenters. The van der Waals surface area contributed by atoms with Crippen molar-refractivity contribution in [2.24, 2.45) is 0 Å². The Morgan fingerprint density at radius 3 is 1.54 bits per heavy atom.